The van der Waals surface area contributed by atoms with Gasteiger partial charge in [-0.05, 0) is 17.9 Å². The van der Waals surface area contributed by atoms with Crippen LogP contribution in [0.4, 0.5) is 17.6 Å². The second-order valence-corrected chi connectivity index (χ2v) is 5.93. The van der Waals surface area contributed by atoms with Crippen LogP contribution in [0.5, 0.6) is 0 Å². The fraction of sp³-hybridized carbons (Fsp3) is 0.615. The number of hydrogen-bond acceptors (Lipinski definition) is 3. The number of nitrogens with one attached hydrogen (secondary N) is 1. The van der Waals surface area contributed by atoms with Crippen molar-refractivity contribution in [2.75, 3.05) is 6.54 Å². The van der Waals surface area contributed by atoms with Crippen molar-refractivity contribution < 1.29 is 22.4 Å². The first-order valence-electron chi connectivity index (χ1n) is 6.62. The highest BCUT2D eigenvalue weighted by molar-refractivity contribution is 7.10. The van der Waals surface area contributed by atoms with Crippen LogP contribution in [0.2, 0.25) is 0 Å². The molecule has 2 rings (SSSR count). The van der Waals surface area contributed by atoms with Crippen molar-refractivity contribution in [3.8, 4) is 0 Å². The third kappa shape index (κ3) is 3.37. The van der Waals surface area contributed by atoms with Gasteiger partial charge in [-0.25, -0.2) is 8.78 Å². The molecular formula is C13H16F4N2OS. The van der Waals surface area contributed by atoms with Gasteiger partial charge in [-0.15, -0.1) is 11.3 Å². The van der Waals surface area contributed by atoms with Crippen LogP contribution in [0.3, 0.4) is 0 Å². The highest BCUT2D eigenvalue weighted by atomic mass is 32.1. The van der Waals surface area contributed by atoms with E-state index in [1.54, 1.807) is 17.5 Å². The number of carbonyl (C=O) groups is 1. The predicted octanol–water partition coefficient (Wildman–Crippen LogP) is 3.25. The molecule has 21 heavy (non-hydrogen) atoms. The lowest BCUT2D eigenvalue weighted by Crippen LogP contribution is -2.44. The Bertz CT molecular complexity index is 481. The summed E-state index contributed by atoms with van der Waals surface area (Å²) in [6.45, 7) is 0.588. The fourth-order valence-corrected chi connectivity index (χ4v) is 3.12. The number of amides is 1. The van der Waals surface area contributed by atoms with Gasteiger partial charge in [0.1, 0.15) is 6.17 Å². The SMILES string of the molecule is CCCC1NC(c2cccs2)N(CC(F)(F)C(F)F)C1=O. The lowest BCUT2D eigenvalue weighted by atomic mass is 10.1. The summed E-state index contributed by atoms with van der Waals surface area (Å²) in [4.78, 5) is 13.7. The Morgan fingerprint density at radius 1 is 1.48 bits per heavy atom. The molecular weight excluding hydrogens is 308 g/mol. The largest absolute Gasteiger partial charge is 0.324 e. The van der Waals surface area contributed by atoms with Gasteiger partial charge in [0.05, 0.1) is 12.6 Å². The lowest BCUT2D eigenvalue weighted by molar-refractivity contribution is -0.157. The van der Waals surface area contributed by atoms with Crippen LogP contribution in [-0.4, -0.2) is 35.7 Å². The summed E-state index contributed by atoms with van der Waals surface area (Å²) in [5.74, 6) is -4.76. The normalized spacial score (nSPS) is 23.3. The van der Waals surface area contributed by atoms with Crippen LogP contribution >= 0.6 is 11.3 Å². The van der Waals surface area contributed by atoms with Gasteiger partial charge in [0.25, 0.3) is 0 Å². The molecule has 2 atom stereocenters. The van der Waals surface area contributed by atoms with E-state index in [0.717, 1.165) is 4.90 Å². The van der Waals surface area contributed by atoms with Gasteiger partial charge in [0, 0.05) is 4.88 Å². The number of thiophene rings is 1. The minimum Gasteiger partial charge on any atom is -0.314 e. The fourth-order valence-electron chi connectivity index (χ4n) is 2.32. The van der Waals surface area contributed by atoms with Crippen molar-refractivity contribution in [1.82, 2.24) is 10.2 Å². The zero-order valence-electron chi connectivity index (χ0n) is 11.4. The molecule has 1 aliphatic heterocycles. The molecule has 1 N–H and O–H groups in total. The van der Waals surface area contributed by atoms with Gasteiger partial charge in [-0.1, -0.05) is 19.4 Å². The molecule has 0 radical (unpaired) electrons. The van der Waals surface area contributed by atoms with E-state index in [-0.39, 0.29) is 0 Å². The van der Waals surface area contributed by atoms with Gasteiger partial charge >= 0.3 is 12.3 Å². The van der Waals surface area contributed by atoms with E-state index < -0.39 is 37.0 Å². The van der Waals surface area contributed by atoms with E-state index in [1.807, 2.05) is 6.92 Å². The van der Waals surface area contributed by atoms with Crippen molar-refractivity contribution in [1.29, 1.82) is 0 Å². The van der Waals surface area contributed by atoms with Crippen LogP contribution in [0.15, 0.2) is 17.5 Å². The molecule has 0 saturated carbocycles. The van der Waals surface area contributed by atoms with E-state index in [1.165, 1.54) is 11.3 Å². The van der Waals surface area contributed by atoms with Crippen LogP contribution in [-0.2, 0) is 4.79 Å². The first-order chi connectivity index (χ1) is 9.86. The number of rotatable bonds is 6. The number of halogens is 4. The molecule has 3 nitrogen and oxygen atoms in total. The number of hydrogen-bond donors (Lipinski definition) is 1. The van der Waals surface area contributed by atoms with Gasteiger partial charge in [-0.2, -0.15) is 8.78 Å². The van der Waals surface area contributed by atoms with E-state index >= 15 is 0 Å². The summed E-state index contributed by atoms with van der Waals surface area (Å²) in [6, 6.07) is 2.82. The lowest BCUT2D eigenvalue weighted by Gasteiger charge is -2.27. The van der Waals surface area contributed by atoms with E-state index in [9.17, 15) is 22.4 Å². The summed E-state index contributed by atoms with van der Waals surface area (Å²) in [5.41, 5.74) is 0. The Morgan fingerprint density at radius 3 is 2.71 bits per heavy atom. The topological polar surface area (TPSA) is 32.3 Å². The molecule has 0 spiro atoms. The van der Waals surface area contributed by atoms with Crippen LogP contribution in [0.25, 0.3) is 0 Å². The third-order valence-electron chi connectivity index (χ3n) is 3.34. The molecule has 0 aliphatic carbocycles. The first-order valence-corrected chi connectivity index (χ1v) is 7.50. The number of carbonyl (C=O) groups excluding carboxylic acids is 1. The molecule has 1 aromatic heterocycles. The zero-order valence-corrected chi connectivity index (χ0v) is 12.2. The van der Waals surface area contributed by atoms with Crippen LogP contribution in [0, 0.1) is 0 Å². The van der Waals surface area contributed by atoms with Crippen LogP contribution < -0.4 is 5.32 Å². The molecule has 118 valence electrons. The van der Waals surface area contributed by atoms with Crippen molar-refractivity contribution in [2.45, 2.75) is 44.3 Å². The molecule has 1 saturated heterocycles. The highest BCUT2D eigenvalue weighted by Crippen LogP contribution is 2.34. The van der Waals surface area contributed by atoms with Crippen molar-refractivity contribution in [3.63, 3.8) is 0 Å². The summed E-state index contributed by atoms with van der Waals surface area (Å²) in [5, 5.41) is 4.71. The van der Waals surface area contributed by atoms with Crippen molar-refractivity contribution in [2.24, 2.45) is 0 Å². The highest BCUT2D eigenvalue weighted by Gasteiger charge is 2.49. The first kappa shape index (κ1) is 16.2. The van der Waals surface area contributed by atoms with E-state index in [0.29, 0.717) is 17.7 Å². The quantitative estimate of drug-likeness (QED) is 0.815. The van der Waals surface area contributed by atoms with E-state index in [4.69, 9.17) is 0 Å². The average Bonchev–Trinajstić information content (AvgIpc) is 3.02. The van der Waals surface area contributed by atoms with Gasteiger partial charge in [0.15, 0.2) is 0 Å². The molecule has 2 unspecified atom stereocenters. The second kappa shape index (κ2) is 6.31. The Kier molecular flexibility index (Phi) is 4.88. The minimum atomic E-state index is -4.21. The smallest absolute Gasteiger partial charge is 0.314 e. The summed E-state index contributed by atoms with van der Waals surface area (Å²) >= 11 is 1.29. The van der Waals surface area contributed by atoms with Gasteiger partial charge < -0.3 is 4.90 Å². The Balaban J connectivity index is 2.23. The maximum Gasteiger partial charge on any atom is 0.324 e. The van der Waals surface area contributed by atoms with Crippen molar-refractivity contribution in [3.05, 3.63) is 22.4 Å². The molecule has 0 aromatic carbocycles. The molecule has 2 heterocycles. The Hall–Kier alpha value is -1.15. The summed E-state index contributed by atoms with van der Waals surface area (Å²) < 4.78 is 51.5. The van der Waals surface area contributed by atoms with Gasteiger partial charge in [0.2, 0.25) is 5.91 Å². The maximum atomic E-state index is 13.3. The second-order valence-electron chi connectivity index (χ2n) is 4.95. The number of alkyl halides is 4. The molecule has 1 aliphatic rings. The standard InChI is InChI=1S/C13H16F4N2OS/c1-2-4-8-11(20)19(7-13(16,17)12(14)15)10(18-8)9-5-3-6-21-9/h3,5-6,8,10,12,18H,2,4,7H2,1H3. The van der Waals surface area contributed by atoms with E-state index in [2.05, 4.69) is 5.32 Å². The van der Waals surface area contributed by atoms with Crippen LogP contribution in [0.1, 0.15) is 30.8 Å². The summed E-state index contributed by atoms with van der Waals surface area (Å²) in [6.07, 6.45) is -3.38. The molecule has 1 fully saturated rings. The van der Waals surface area contributed by atoms with Gasteiger partial charge in [-0.3, -0.25) is 10.1 Å². The summed E-state index contributed by atoms with van der Waals surface area (Å²) in [7, 11) is 0. The maximum absolute atomic E-state index is 13.3. The monoisotopic (exact) mass is 324 g/mol. The molecule has 0 bridgehead atoms. The number of nitrogens with zero attached hydrogens (tertiary/aromatic N) is 1. The predicted molar refractivity (Wildman–Crippen MR) is 71.6 cm³/mol. The minimum absolute atomic E-state index is 0.484. The van der Waals surface area contributed by atoms with Crippen molar-refractivity contribution >= 4 is 17.2 Å². The average molecular weight is 324 g/mol. The molecule has 1 amide bonds. The third-order valence-corrected chi connectivity index (χ3v) is 4.27. The Morgan fingerprint density at radius 2 is 2.19 bits per heavy atom. The zero-order chi connectivity index (χ0) is 15.6. The molecule has 1 aromatic rings. The molecule has 8 heteroatoms. The Labute approximate surface area is 123 Å².